The number of benzene rings is 2. The second-order valence-electron chi connectivity index (χ2n) is 6.26. The molecular formula is C23H13N3OS2. The minimum absolute atomic E-state index is 0.474. The molecule has 0 fully saturated rings. The molecule has 0 unspecified atom stereocenters. The quantitative estimate of drug-likeness (QED) is 0.307. The van der Waals surface area contributed by atoms with Crippen molar-refractivity contribution in [3.05, 3.63) is 82.9 Å². The van der Waals surface area contributed by atoms with E-state index >= 15 is 0 Å². The summed E-state index contributed by atoms with van der Waals surface area (Å²) >= 11 is 3.03. The van der Waals surface area contributed by atoms with Crippen molar-refractivity contribution >= 4 is 44.5 Å². The van der Waals surface area contributed by atoms with Crippen LogP contribution in [-0.4, -0.2) is 9.97 Å². The molecule has 0 saturated heterocycles. The van der Waals surface area contributed by atoms with Crippen molar-refractivity contribution in [1.29, 1.82) is 5.26 Å². The van der Waals surface area contributed by atoms with Gasteiger partial charge in [0, 0.05) is 17.0 Å². The molecule has 0 bridgehead atoms. The molecule has 0 atom stereocenters. The first kappa shape index (κ1) is 17.6. The van der Waals surface area contributed by atoms with E-state index in [2.05, 4.69) is 16.0 Å². The Morgan fingerprint density at radius 2 is 1.79 bits per heavy atom. The maximum atomic E-state index is 9.64. The number of fused-ring (bicyclic) bond motifs is 1. The molecule has 0 N–H and O–H groups in total. The van der Waals surface area contributed by atoms with Crippen LogP contribution in [0.3, 0.4) is 0 Å². The van der Waals surface area contributed by atoms with Gasteiger partial charge in [0.05, 0.1) is 21.5 Å². The fourth-order valence-electron chi connectivity index (χ4n) is 2.95. The van der Waals surface area contributed by atoms with Crippen LogP contribution in [0.1, 0.15) is 10.8 Å². The molecule has 0 saturated carbocycles. The fraction of sp³-hybridized carbons (Fsp3) is 0. The van der Waals surface area contributed by atoms with Gasteiger partial charge in [-0.2, -0.15) is 5.26 Å². The second-order valence-corrected chi connectivity index (χ2v) is 8.15. The van der Waals surface area contributed by atoms with Crippen molar-refractivity contribution < 1.29 is 4.42 Å². The first-order valence-electron chi connectivity index (χ1n) is 8.89. The van der Waals surface area contributed by atoms with Crippen LogP contribution in [0.25, 0.3) is 43.9 Å². The van der Waals surface area contributed by atoms with Gasteiger partial charge >= 0.3 is 0 Å². The minimum Gasteiger partial charge on any atom is -0.454 e. The Bertz CT molecular complexity index is 1340. The van der Waals surface area contributed by atoms with Crippen LogP contribution in [0.5, 0.6) is 0 Å². The number of hydrogen-bond acceptors (Lipinski definition) is 6. The minimum atomic E-state index is 0.474. The average Bonchev–Trinajstić information content (AvgIpc) is 3.51. The maximum Gasteiger partial charge on any atom is 0.163 e. The van der Waals surface area contributed by atoms with E-state index in [9.17, 15) is 5.26 Å². The maximum absolute atomic E-state index is 9.64. The third-order valence-corrected chi connectivity index (χ3v) is 6.27. The van der Waals surface area contributed by atoms with E-state index in [1.54, 1.807) is 17.4 Å². The summed E-state index contributed by atoms with van der Waals surface area (Å²) in [5, 5.41) is 13.1. The monoisotopic (exact) mass is 411 g/mol. The number of rotatable bonds is 4. The molecule has 5 rings (SSSR count). The van der Waals surface area contributed by atoms with E-state index in [-0.39, 0.29) is 0 Å². The van der Waals surface area contributed by atoms with Crippen LogP contribution in [-0.2, 0) is 0 Å². The van der Waals surface area contributed by atoms with Gasteiger partial charge in [-0.05, 0) is 24.3 Å². The Morgan fingerprint density at radius 3 is 2.62 bits per heavy atom. The third-order valence-electron chi connectivity index (χ3n) is 4.34. The number of allylic oxidation sites excluding steroid dienone is 1. The SMILES string of the molecule is N#C/C(=C\c1ccc(-c2nc3ccccc3s2)o1)c1nc(-c2ccccc2)cs1. The summed E-state index contributed by atoms with van der Waals surface area (Å²) in [5.41, 5.74) is 3.32. The average molecular weight is 412 g/mol. The Morgan fingerprint density at radius 1 is 0.966 bits per heavy atom. The van der Waals surface area contributed by atoms with Gasteiger partial charge in [-0.15, -0.1) is 22.7 Å². The zero-order valence-corrected chi connectivity index (χ0v) is 16.7. The Kier molecular flexibility index (Phi) is 4.53. The summed E-state index contributed by atoms with van der Waals surface area (Å²) in [4.78, 5) is 9.24. The van der Waals surface area contributed by atoms with Gasteiger partial charge < -0.3 is 4.42 Å². The summed E-state index contributed by atoms with van der Waals surface area (Å²) < 4.78 is 7.06. The molecule has 3 aromatic heterocycles. The molecule has 29 heavy (non-hydrogen) atoms. The molecule has 0 spiro atoms. The largest absolute Gasteiger partial charge is 0.454 e. The molecule has 6 heteroatoms. The second kappa shape index (κ2) is 7.47. The van der Waals surface area contributed by atoms with Crippen molar-refractivity contribution in [2.45, 2.75) is 0 Å². The summed E-state index contributed by atoms with van der Waals surface area (Å²) in [6.07, 6.45) is 1.73. The first-order chi connectivity index (χ1) is 14.3. The number of aromatic nitrogens is 2. The van der Waals surface area contributed by atoms with Gasteiger partial charge in [-0.3, -0.25) is 0 Å². The van der Waals surface area contributed by atoms with Gasteiger partial charge in [0.25, 0.3) is 0 Å². The van der Waals surface area contributed by atoms with Gasteiger partial charge in [0.15, 0.2) is 10.8 Å². The van der Waals surface area contributed by atoms with Crippen molar-refractivity contribution in [2.24, 2.45) is 0 Å². The normalized spacial score (nSPS) is 11.6. The molecule has 5 aromatic rings. The van der Waals surface area contributed by atoms with Crippen molar-refractivity contribution in [1.82, 2.24) is 9.97 Å². The number of nitriles is 1. The highest BCUT2D eigenvalue weighted by Crippen LogP contribution is 2.32. The first-order valence-corrected chi connectivity index (χ1v) is 10.6. The predicted octanol–water partition coefficient (Wildman–Crippen LogP) is 6.74. The molecule has 2 aromatic carbocycles. The Hall–Kier alpha value is -3.53. The van der Waals surface area contributed by atoms with E-state index < -0.39 is 0 Å². The van der Waals surface area contributed by atoms with Crippen molar-refractivity contribution in [2.75, 3.05) is 0 Å². The summed E-state index contributed by atoms with van der Waals surface area (Å²) in [7, 11) is 0. The fourth-order valence-corrected chi connectivity index (χ4v) is 4.67. The van der Waals surface area contributed by atoms with E-state index in [0.717, 1.165) is 26.5 Å². The Balaban J connectivity index is 1.45. The van der Waals surface area contributed by atoms with Gasteiger partial charge in [-0.1, -0.05) is 42.5 Å². The van der Waals surface area contributed by atoms with Crippen molar-refractivity contribution in [3.8, 4) is 28.1 Å². The third kappa shape index (κ3) is 3.49. The molecule has 4 nitrogen and oxygen atoms in total. The molecule has 0 radical (unpaired) electrons. The van der Waals surface area contributed by atoms with E-state index in [1.165, 1.54) is 11.3 Å². The van der Waals surface area contributed by atoms with Crippen LogP contribution in [0.15, 0.2) is 76.5 Å². The molecule has 3 heterocycles. The lowest BCUT2D eigenvalue weighted by molar-refractivity contribution is 0.571. The topological polar surface area (TPSA) is 62.7 Å². The molecular weight excluding hydrogens is 398 g/mol. The number of thiazole rings is 2. The lowest BCUT2D eigenvalue weighted by Gasteiger charge is -1.95. The standard InChI is InChI=1S/C23H13N3OS2/c24-13-16(22-26-19(14-28-22)15-6-2-1-3-7-15)12-17-10-11-20(27-17)23-25-18-8-4-5-9-21(18)29-23/h1-12,14H/b16-12+. The zero-order valence-electron chi connectivity index (χ0n) is 15.1. The van der Waals surface area contributed by atoms with Crippen LogP contribution in [0.4, 0.5) is 0 Å². The van der Waals surface area contributed by atoms with E-state index in [1.807, 2.05) is 72.1 Å². The Labute approximate surface area is 175 Å². The predicted molar refractivity (Wildman–Crippen MR) is 118 cm³/mol. The molecule has 0 aliphatic rings. The van der Waals surface area contributed by atoms with Gasteiger partial charge in [0.2, 0.25) is 0 Å². The van der Waals surface area contributed by atoms with Crippen LogP contribution < -0.4 is 0 Å². The van der Waals surface area contributed by atoms with E-state index in [4.69, 9.17) is 4.42 Å². The highest BCUT2D eigenvalue weighted by atomic mass is 32.1. The number of para-hydroxylation sites is 1. The van der Waals surface area contributed by atoms with Crippen LogP contribution >= 0.6 is 22.7 Å². The zero-order chi connectivity index (χ0) is 19.6. The highest BCUT2D eigenvalue weighted by molar-refractivity contribution is 7.21. The highest BCUT2D eigenvalue weighted by Gasteiger charge is 2.12. The summed E-state index contributed by atoms with van der Waals surface area (Å²) in [6, 6.07) is 23.9. The van der Waals surface area contributed by atoms with Gasteiger partial charge in [-0.25, -0.2) is 9.97 Å². The lowest BCUT2D eigenvalue weighted by atomic mass is 10.2. The number of hydrogen-bond donors (Lipinski definition) is 0. The van der Waals surface area contributed by atoms with Crippen molar-refractivity contribution in [3.63, 3.8) is 0 Å². The molecule has 0 aliphatic carbocycles. The van der Waals surface area contributed by atoms with E-state index in [0.29, 0.717) is 22.1 Å². The molecule has 0 aliphatic heterocycles. The number of nitrogens with zero attached hydrogens (tertiary/aromatic N) is 3. The smallest absolute Gasteiger partial charge is 0.163 e. The van der Waals surface area contributed by atoms with Gasteiger partial charge in [0.1, 0.15) is 16.8 Å². The lowest BCUT2D eigenvalue weighted by Crippen LogP contribution is -1.82. The summed E-state index contributed by atoms with van der Waals surface area (Å²) in [5.74, 6) is 1.30. The molecule has 138 valence electrons. The molecule has 0 amide bonds. The summed E-state index contributed by atoms with van der Waals surface area (Å²) in [6.45, 7) is 0. The number of furan rings is 1. The van der Waals surface area contributed by atoms with Crippen LogP contribution in [0, 0.1) is 11.3 Å². The van der Waals surface area contributed by atoms with Crippen LogP contribution in [0.2, 0.25) is 0 Å².